The van der Waals surface area contributed by atoms with Crippen LogP contribution in [-0.2, 0) is 4.74 Å². The Labute approximate surface area is 163 Å². The molecule has 0 aromatic carbocycles. The average molecular weight is 375 g/mol. The number of methoxy groups -OCH3 is 1. The molecule has 2 aliphatic rings. The number of piperazine rings is 1. The summed E-state index contributed by atoms with van der Waals surface area (Å²) in [7, 11) is 3.67. The van der Waals surface area contributed by atoms with E-state index in [2.05, 4.69) is 42.1 Å². The molecule has 7 nitrogen and oxygen atoms in total. The van der Waals surface area contributed by atoms with Crippen molar-refractivity contribution in [1.29, 1.82) is 0 Å². The van der Waals surface area contributed by atoms with Crippen molar-refractivity contribution < 1.29 is 4.74 Å². The Hall–Kier alpha value is -1.86. The van der Waals surface area contributed by atoms with Crippen LogP contribution in [0.25, 0.3) is 0 Å². The molecule has 2 fully saturated rings. The number of hydrogen-bond donors (Lipinski definition) is 1. The van der Waals surface area contributed by atoms with Crippen LogP contribution >= 0.6 is 0 Å². The predicted molar refractivity (Wildman–Crippen MR) is 110 cm³/mol. The lowest BCUT2D eigenvalue weighted by Gasteiger charge is -2.38. The number of pyridine rings is 1. The Bertz CT molecular complexity index is 565. The second-order valence-electron chi connectivity index (χ2n) is 7.37. The summed E-state index contributed by atoms with van der Waals surface area (Å²) in [6.45, 7) is 9.18. The van der Waals surface area contributed by atoms with Crippen LogP contribution in [0.4, 0.5) is 5.82 Å². The van der Waals surface area contributed by atoms with Crippen molar-refractivity contribution >= 4 is 11.8 Å². The minimum absolute atomic E-state index is 0.732. The third-order valence-corrected chi connectivity index (χ3v) is 5.63. The quantitative estimate of drug-likeness (QED) is 0.595. The fourth-order valence-electron chi connectivity index (χ4n) is 3.89. The van der Waals surface area contributed by atoms with Gasteiger partial charge in [0.15, 0.2) is 5.96 Å². The normalized spacial score (nSPS) is 20.1. The molecule has 7 heteroatoms. The number of piperidine rings is 1. The Morgan fingerprint density at radius 3 is 2.59 bits per heavy atom. The van der Waals surface area contributed by atoms with Crippen molar-refractivity contribution in [2.24, 2.45) is 10.9 Å². The lowest BCUT2D eigenvalue weighted by Crippen LogP contribution is -2.53. The highest BCUT2D eigenvalue weighted by Crippen LogP contribution is 2.17. The second-order valence-corrected chi connectivity index (χ2v) is 7.37. The highest BCUT2D eigenvalue weighted by molar-refractivity contribution is 5.80. The number of ether oxygens (including phenoxy) is 1. The number of aromatic nitrogens is 1. The van der Waals surface area contributed by atoms with Gasteiger partial charge in [0.2, 0.25) is 0 Å². The monoisotopic (exact) mass is 374 g/mol. The number of aliphatic imine (C=N–C) groups is 1. The van der Waals surface area contributed by atoms with E-state index in [-0.39, 0.29) is 0 Å². The van der Waals surface area contributed by atoms with Gasteiger partial charge < -0.3 is 24.8 Å². The molecule has 0 radical (unpaired) electrons. The van der Waals surface area contributed by atoms with Crippen LogP contribution < -0.4 is 10.2 Å². The van der Waals surface area contributed by atoms with Crippen LogP contribution in [0, 0.1) is 5.92 Å². The maximum Gasteiger partial charge on any atom is 0.193 e. The van der Waals surface area contributed by atoms with Gasteiger partial charge in [-0.05, 0) is 44.0 Å². The lowest BCUT2D eigenvalue weighted by molar-refractivity contribution is 0.120. The van der Waals surface area contributed by atoms with Crippen molar-refractivity contribution in [3.05, 3.63) is 24.4 Å². The van der Waals surface area contributed by atoms with Crippen molar-refractivity contribution in [1.82, 2.24) is 20.1 Å². The SMILES string of the molecule is CN=C(NCC1CCN(CCOC)CC1)N1CCN(c2ccccn2)CC1. The van der Waals surface area contributed by atoms with Gasteiger partial charge in [0.05, 0.1) is 6.61 Å². The first kappa shape index (κ1) is 19.9. The molecule has 0 saturated carbocycles. The van der Waals surface area contributed by atoms with Gasteiger partial charge in [0, 0.05) is 59.6 Å². The number of rotatable bonds is 6. The molecular formula is C20H34N6O. The highest BCUT2D eigenvalue weighted by Gasteiger charge is 2.22. The van der Waals surface area contributed by atoms with E-state index in [0.29, 0.717) is 0 Å². The molecule has 0 unspecified atom stereocenters. The first-order valence-corrected chi connectivity index (χ1v) is 10.1. The van der Waals surface area contributed by atoms with E-state index in [1.807, 2.05) is 19.3 Å². The fraction of sp³-hybridized carbons (Fsp3) is 0.700. The van der Waals surface area contributed by atoms with E-state index in [1.54, 1.807) is 7.11 Å². The summed E-state index contributed by atoms with van der Waals surface area (Å²) >= 11 is 0. The summed E-state index contributed by atoms with van der Waals surface area (Å²) in [6, 6.07) is 6.10. The van der Waals surface area contributed by atoms with Gasteiger partial charge in [0.1, 0.15) is 5.82 Å². The van der Waals surface area contributed by atoms with Crippen LogP contribution in [-0.4, -0.2) is 93.9 Å². The van der Waals surface area contributed by atoms with Gasteiger partial charge in [-0.1, -0.05) is 6.07 Å². The van der Waals surface area contributed by atoms with Gasteiger partial charge in [0.25, 0.3) is 0 Å². The molecule has 0 spiro atoms. The van der Waals surface area contributed by atoms with E-state index >= 15 is 0 Å². The van der Waals surface area contributed by atoms with Crippen molar-refractivity contribution in [3.63, 3.8) is 0 Å². The Morgan fingerprint density at radius 1 is 1.19 bits per heavy atom. The molecule has 2 aliphatic heterocycles. The van der Waals surface area contributed by atoms with Crippen LogP contribution in [0.3, 0.4) is 0 Å². The number of nitrogens with zero attached hydrogens (tertiary/aromatic N) is 5. The molecule has 150 valence electrons. The number of guanidine groups is 1. The zero-order chi connectivity index (χ0) is 18.9. The largest absolute Gasteiger partial charge is 0.383 e. The number of hydrogen-bond acceptors (Lipinski definition) is 5. The molecule has 27 heavy (non-hydrogen) atoms. The first-order chi connectivity index (χ1) is 13.3. The van der Waals surface area contributed by atoms with E-state index in [9.17, 15) is 0 Å². The van der Waals surface area contributed by atoms with Gasteiger partial charge in [-0.3, -0.25) is 4.99 Å². The summed E-state index contributed by atoms with van der Waals surface area (Å²) in [6.07, 6.45) is 4.37. The van der Waals surface area contributed by atoms with Gasteiger partial charge in [-0.2, -0.15) is 0 Å². The third kappa shape index (κ3) is 5.81. The molecule has 0 atom stereocenters. The zero-order valence-corrected chi connectivity index (χ0v) is 16.8. The first-order valence-electron chi connectivity index (χ1n) is 10.1. The average Bonchev–Trinajstić information content (AvgIpc) is 2.74. The van der Waals surface area contributed by atoms with E-state index in [4.69, 9.17) is 4.74 Å². The van der Waals surface area contributed by atoms with Crippen LogP contribution in [0.2, 0.25) is 0 Å². The molecule has 1 aromatic rings. The third-order valence-electron chi connectivity index (χ3n) is 5.63. The Kier molecular flexibility index (Phi) is 7.71. The standard InChI is InChI=1S/C20H34N6O/c1-21-20(23-17-18-6-9-24(10-7-18)15-16-27-2)26-13-11-25(12-14-26)19-5-3-4-8-22-19/h3-5,8,18H,6-7,9-17H2,1-2H3,(H,21,23). The molecule has 3 heterocycles. The van der Waals surface area contributed by atoms with Crippen molar-refractivity contribution in [3.8, 4) is 0 Å². The van der Waals surface area contributed by atoms with Gasteiger partial charge in [-0.25, -0.2) is 4.98 Å². The molecule has 1 aromatic heterocycles. The second kappa shape index (κ2) is 10.5. The Morgan fingerprint density at radius 2 is 1.96 bits per heavy atom. The summed E-state index contributed by atoms with van der Waals surface area (Å²) in [4.78, 5) is 16.2. The molecule has 0 amide bonds. The van der Waals surface area contributed by atoms with E-state index < -0.39 is 0 Å². The maximum absolute atomic E-state index is 5.19. The zero-order valence-electron chi connectivity index (χ0n) is 16.8. The summed E-state index contributed by atoms with van der Waals surface area (Å²) < 4.78 is 5.19. The van der Waals surface area contributed by atoms with Crippen LogP contribution in [0.1, 0.15) is 12.8 Å². The molecule has 0 aliphatic carbocycles. The van der Waals surface area contributed by atoms with Gasteiger partial charge in [-0.15, -0.1) is 0 Å². The van der Waals surface area contributed by atoms with Crippen molar-refractivity contribution in [2.75, 3.05) is 78.0 Å². The van der Waals surface area contributed by atoms with Gasteiger partial charge >= 0.3 is 0 Å². The Balaban J connectivity index is 1.39. The maximum atomic E-state index is 5.19. The fourth-order valence-corrected chi connectivity index (χ4v) is 3.89. The molecular weight excluding hydrogens is 340 g/mol. The minimum atomic E-state index is 0.732. The summed E-state index contributed by atoms with van der Waals surface area (Å²) in [5.74, 6) is 2.84. The van der Waals surface area contributed by atoms with Crippen LogP contribution in [0.5, 0.6) is 0 Å². The lowest BCUT2D eigenvalue weighted by atomic mass is 9.97. The van der Waals surface area contributed by atoms with E-state index in [0.717, 1.165) is 63.6 Å². The topological polar surface area (TPSA) is 56.2 Å². The van der Waals surface area contributed by atoms with E-state index in [1.165, 1.54) is 25.9 Å². The number of nitrogens with one attached hydrogen (secondary N) is 1. The summed E-state index contributed by atoms with van der Waals surface area (Å²) in [5, 5.41) is 3.62. The number of anilines is 1. The molecule has 2 saturated heterocycles. The smallest absolute Gasteiger partial charge is 0.193 e. The minimum Gasteiger partial charge on any atom is -0.383 e. The van der Waals surface area contributed by atoms with Crippen LogP contribution in [0.15, 0.2) is 29.4 Å². The van der Waals surface area contributed by atoms with Crippen molar-refractivity contribution in [2.45, 2.75) is 12.8 Å². The molecule has 0 bridgehead atoms. The molecule has 3 rings (SSSR count). The predicted octanol–water partition coefficient (Wildman–Crippen LogP) is 1.14. The molecule has 1 N–H and O–H groups in total. The number of likely N-dealkylation sites (tertiary alicyclic amines) is 1. The summed E-state index contributed by atoms with van der Waals surface area (Å²) in [5.41, 5.74) is 0. The highest BCUT2D eigenvalue weighted by atomic mass is 16.5.